The van der Waals surface area contributed by atoms with Gasteiger partial charge in [-0.15, -0.1) is 0 Å². The van der Waals surface area contributed by atoms with Crippen LogP contribution in [0.5, 0.6) is 11.6 Å². The second-order valence-corrected chi connectivity index (χ2v) is 7.58. The summed E-state index contributed by atoms with van der Waals surface area (Å²) in [7, 11) is 0. The minimum absolute atomic E-state index is 0.237. The van der Waals surface area contributed by atoms with Crippen molar-refractivity contribution in [1.82, 2.24) is 10.3 Å². The van der Waals surface area contributed by atoms with E-state index in [2.05, 4.69) is 15.5 Å². The number of thioether (sulfide) groups is 1. The molecule has 0 spiro atoms. The van der Waals surface area contributed by atoms with E-state index >= 15 is 0 Å². The van der Waals surface area contributed by atoms with Crippen molar-refractivity contribution in [3.63, 3.8) is 0 Å². The van der Waals surface area contributed by atoms with Gasteiger partial charge >= 0.3 is 0 Å². The number of pyridine rings is 1. The molecule has 3 rings (SSSR count). The van der Waals surface area contributed by atoms with E-state index < -0.39 is 0 Å². The van der Waals surface area contributed by atoms with Gasteiger partial charge < -0.3 is 14.3 Å². The van der Waals surface area contributed by atoms with Crippen LogP contribution in [0.4, 0.5) is 4.79 Å². The maximum atomic E-state index is 11.6. The zero-order chi connectivity index (χ0) is 21.3. The quantitative estimate of drug-likeness (QED) is 0.352. The fourth-order valence-corrected chi connectivity index (χ4v) is 3.54. The lowest BCUT2D eigenvalue weighted by Gasteiger charge is -2.08. The van der Waals surface area contributed by atoms with Crippen LogP contribution in [-0.2, 0) is 16.1 Å². The number of amides is 2. The van der Waals surface area contributed by atoms with Crippen LogP contribution < -0.4 is 14.8 Å². The summed E-state index contributed by atoms with van der Waals surface area (Å²) < 4.78 is 11.0. The molecule has 2 aromatic rings. The van der Waals surface area contributed by atoms with Gasteiger partial charge in [0.1, 0.15) is 12.4 Å². The van der Waals surface area contributed by atoms with Gasteiger partial charge in [-0.05, 0) is 44.0 Å². The number of hydrogen-bond acceptors (Lipinski definition) is 8. The Morgan fingerprint density at radius 1 is 1.13 bits per heavy atom. The molecule has 1 aliphatic heterocycles. The molecule has 1 fully saturated rings. The third kappa shape index (κ3) is 6.21. The molecule has 2 heterocycles. The lowest BCUT2D eigenvalue weighted by Crippen LogP contribution is -2.25. The maximum absolute atomic E-state index is 11.6. The van der Waals surface area contributed by atoms with Gasteiger partial charge in [-0.3, -0.25) is 14.9 Å². The molecule has 1 atom stereocenters. The molecular weight excluding hydrogens is 406 g/mol. The van der Waals surface area contributed by atoms with Crippen molar-refractivity contribution in [2.45, 2.75) is 25.5 Å². The molecule has 1 aliphatic rings. The molecule has 8 nitrogen and oxygen atoms in total. The molecule has 1 aromatic heterocycles. The van der Waals surface area contributed by atoms with Crippen LogP contribution in [0.3, 0.4) is 0 Å². The average molecular weight is 429 g/mol. The maximum Gasteiger partial charge on any atom is 0.286 e. The predicted octanol–water partition coefficient (Wildman–Crippen LogP) is 3.19. The topological polar surface area (TPSA) is 99.1 Å². The summed E-state index contributed by atoms with van der Waals surface area (Å²) in [6.07, 6.45) is 2.19. The Balaban J connectivity index is 1.39. The van der Waals surface area contributed by atoms with Gasteiger partial charge in [0.15, 0.2) is 6.61 Å². The third-order valence-corrected chi connectivity index (χ3v) is 5.18. The minimum atomic E-state index is -0.371. The molecule has 1 N–H and O–H groups in total. The van der Waals surface area contributed by atoms with Crippen LogP contribution in [0, 0.1) is 0 Å². The first kappa shape index (κ1) is 21.6. The van der Waals surface area contributed by atoms with Gasteiger partial charge in [0, 0.05) is 17.8 Å². The Hall–Kier alpha value is -3.07. The number of nitrogens with one attached hydrogen (secondary N) is 1. The van der Waals surface area contributed by atoms with Gasteiger partial charge in [-0.25, -0.2) is 4.98 Å². The van der Waals surface area contributed by atoms with Gasteiger partial charge in [0.2, 0.25) is 11.8 Å². The van der Waals surface area contributed by atoms with E-state index in [0.29, 0.717) is 43.6 Å². The monoisotopic (exact) mass is 429 g/mol. The van der Waals surface area contributed by atoms with Crippen LogP contribution >= 0.6 is 11.8 Å². The highest BCUT2D eigenvalue weighted by Crippen LogP contribution is 2.23. The number of carbonyl (C=O) groups is 2. The first-order valence-electron chi connectivity index (χ1n) is 9.54. The molecule has 9 heteroatoms. The van der Waals surface area contributed by atoms with Crippen LogP contribution in [0.25, 0.3) is 0 Å². The van der Waals surface area contributed by atoms with Crippen LogP contribution in [0.15, 0.2) is 47.8 Å². The van der Waals surface area contributed by atoms with Crippen molar-refractivity contribution in [2.75, 3.05) is 19.8 Å². The van der Waals surface area contributed by atoms with E-state index in [4.69, 9.17) is 14.3 Å². The van der Waals surface area contributed by atoms with Gasteiger partial charge in [0.05, 0.1) is 17.6 Å². The summed E-state index contributed by atoms with van der Waals surface area (Å²) in [5, 5.41) is 5.70. The molecule has 0 aliphatic carbocycles. The average Bonchev–Trinajstić information content (AvgIpc) is 3.06. The van der Waals surface area contributed by atoms with Crippen molar-refractivity contribution in [2.24, 2.45) is 5.16 Å². The SMILES string of the molecule is CCOc1ccc(C(C)=NOCCOc2ccc(CC3SC(=O)NC3=O)cc2)cn1. The van der Waals surface area contributed by atoms with E-state index in [-0.39, 0.29) is 16.4 Å². The molecule has 158 valence electrons. The zero-order valence-electron chi connectivity index (χ0n) is 16.8. The van der Waals surface area contributed by atoms with Crippen molar-refractivity contribution < 1.29 is 23.9 Å². The van der Waals surface area contributed by atoms with Crippen LogP contribution in [0.1, 0.15) is 25.0 Å². The molecule has 0 saturated carbocycles. The molecule has 2 amide bonds. The second kappa shape index (κ2) is 10.6. The van der Waals surface area contributed by atoms with E-state index in [9.17, 15) is 9.59 Å². The highest BCUT2D eigenvalue weighted by Gasteiger charge is 2.31. The van der Waals surface area contributed by atoms with Crippen LogP contribution in [-0.4, -0.2) is 46.9 Å². The van der Waals surface area contributed by atoms with Crippen molar-refractivity contribution in [1.29, 1.82) is 0 Å². The largest absolute Gasteiger partial charge is 0.490 e. The number of rotatable bonds is 10. The fourth-order valence-electron chi connectivity index (χ4n) is 2.68. The number of carbonyl (C=O) groups excluding carboxylic acids is 2. The molecule has 1 aromatic carbocycles. The number of hydrogen-bond donors (Lipinski definition) is 1. The van der Waals surface area contributed by atoms with E-state index in [1.165, 1.54) is 0 Å². The summed E-state index contributed by atoms with van der Waals surface area (Å²) in [5.74, 6) is 1.03. The third-order valence-electron chi connectivity index (χ3n) is 4.20. The molecule has 1 unspecified atom stereocenters. The number of nitrogens with zero attached hydrogens (tertiary/aromatic N) is 2. The number of aromatic nitrogens is 1. The number of benzene rings is 1. The van der Waals surface area contributed by atoms with Crippen molar-refractivity contribution >= 4 is 28.6 Å². The molecule has 30 heavy (non-hydrogen) atoms. The Labute approximate surface area is 179 Å². The summed E-state index contributed by atoms with van der Waals surface area (Å²) in [6, 6.07) is 11.1. The first-order chi connectivity index (χ1) is 14.5. The summed E-state index contributed by atoms with van der Waals surface area (Å²) in [5.41, 5.74) is 2.53. The number of ether oxygens (including phenoxy) is 2. The van der Waals surface area contributed by atoms with Gasteiger partial charge in [-0.1, -0.05) is 29.1 Å². The normalized spacial score (nSPS) is 16.3. The molecule has 0 bridgehead atoms. The first-order valence-corrected chi connectivity index (χ1v) is 10.4. The standard InChI is InChI=1S/C21H23N3O5S/c1-3-27-19-9-6-16(13-22-19)14(2)24-29-11-10-28-17-7-4-15(5-8-17)12-18-20(25)23-21(26)30-18/h4-9,13,18H,3,10-12H2,1-2H3,(H,23,25,26). The lowest BCUT2D eigenvalue weighted by atomic mass is 10.1. The van der Waals surface area contributed by atoms with Gasteiger partial charge in [-0.2, -0.15) is 0 Å². The molecule has 1 saturated heterocycles. The van der Waals surface area contributed by atoms with Gasteiger partial charge in [0.25, 0.3) is 5.24 Å². The Morgan fingerprint density at radius 3 is 2.57 bits per heavy atom. The Morgan fingerprint density at radius 2 is 1.93 bits per heavy atom. The summed E-state index contributed by atoms with van der Waals surface area (Å²) >= 11 is 1.03. The van der Waals surface area contributed by atoms with Crippen molar-refractivity contribution in [3.05, 3.63) is 53.7 Å². The van der Waals surface area contributed by atoms with Crippen molar-refractivity contribution in [3.8, 4) is 11.6 Å². The fraction of sp³-hybridized carbons (Fsp3) is 0.333. The highest BCUT2D eigenvalue weighted by atomic mass is 32.2. The minimum Gasteiger partial charge on any atom is -0.490 e. The molecular formula is C21H23N3O5S. The number of oxime groups is 1. The zero-order valence-corrected chi connectivity index (χ0v) is 17.6. The highest BCUT2D eigenvalue weighted by molar-refractivity contribution is 8.15. The van der Waals surface area contributed by atoms with Crippen LogP contribution in [0.2, 0.25) is 0 Å². The predicted molar refractivity (Wildman–Crippen MR) is 114 cm³/mol. The Bertz CT molecular complexity index is 900. The lowest BCUT2D eigenvalue weighted by molar-refractivity contribution is -0.118. The summed E-state index contributed by atoms with van der Waals surface area (Å²) in [4.78, 5) is 32.4. The van der Waals surface area contributed by atoms with E-state index in [0.717, 1.165) is 22.9 Å². The van der Waals surface area contributed by atoms with E-state index in [1.807, 2.05) is 44.2 Å². The molecule has 0 radical (unpaired) electrons. The smallest absolute Gasteiger partial charge is 0.286 e. The van der Waals surface area contributed by atoms with E-state index in [1.54, 1.807) is 12.3 Å². The second-order valence-electron chi connectivity index (χ2n) is 6.41. The summed E-state index contributed by atoms with van der Waals surface area (Å²) in [6.45, 7) is 4.96. The Kier molecular flexibility index (Phi) is 7.67. The number of imide groups is 1.